The maximum absolute atomic E-state index is 11.0. The molecule has 0 saturated carbocycles. The molecule has 0 radical (unpaired) electrons. The molecule has 1 aliphatic heterocycles. The van der Waals surface area contributed by atoms with Crippen LogP contribution in [-0.4, -0.2) is 32.4 Å². The molecule has 1 aromatic carbocycles. The Labute approximate surface area is 131 Å². The first kappa shape index (κ1) is 13.6. The van der Waals surface area contributed by atoms with Gasteiger partial charge in [-0.3, -0.25) is 9.78 Å². The van der Waals surface area contributed by atoms with Gasteiger partial charge in [0.2, 0.25) is 6.79 Å². The van der Waals surface area contributed by atoms with Crippen molar-refractivity contribution in [2.75, 3.05) is 6.79 Å². The number of carboxylic acid groups (broad SMARTS) is 1. The van der Waals surface area contributed by atoms with Crippen molar-refractivity contribution in [1.82, 2.24) is 14.5 Å². The average molecular weight is 311 g/mol. The molecule has 0 saturated heterocycles. The van der Waals surface area contributed by atoms with Crippen molar-refractivity contribution >= 4 is 17.0 Å². The van der Waals surface area contributed by atoms with E-state index in [0.717, 1.165) is 16.6 Å². The third kappa shape index (κ3) is 2.36. The van der Waals surface area contributed by atoms with E-state index in [4.69, 9.17) is 14.6 Å². The van der Waals surface area contributed by atoms with E-state index < -0.39 is 5.97 Å². The van der Waals surface area contributed by atoms with Gasteiger partial charge in [0, 0.05) is 36.6 Å². The lowest BCUT2D eigenvalue weighted by Crippen LogP contribution is -2.06. The molecular weight excluding hydrogens is 298 g/mol. The number of imidazole rings is 1. The Kier molecular flexibility index (Phi) is 3.11. The molecule has 7 nitrogen and oxygen atoms in total. The molecule has 0 fully saturated rings. The summed E-state index contributed by atoms with van der Waals surface area (Å²) >= 11 is 0. The molecule has 0 atom stereocenters. The fraction of sp³-hybridized carbons (Fsp3) is 0.188. The van der Waals surface area contributed by atoms with E-state index in [0.29, 0.717) is 23.9 Å². The van der Waals surface area contributed by atoms with Gasteiger partial charge in [0.05, 0.1) is 17.5 Å². The molecule has 3 aromatic rings. The molecular formula is C16H13N3O4. The highest BCUT2D eigenvalue weighted by Gasteiger charge is 2.20. The van der Waals surface area contributed by atoms with Crippen LogP contribution in [0, 0.1) is 0 Å². The van der Waals surface area contributed by atoms with Crippen molar-refractivity contribution in [2.45, 2.75) is 13.0 Å². The first-order chi connectivity index (χ1) is 11.2. The predicted molar refractivity (Wildman–Crippen MR) is 81.3 cm³/mol. The molecule has 4 rings (SSSR count). The molecule has 0 bridgehead atoms. The molecule has 3 heterocycles. The summed E-state index contributed by atoms with van der Waals surface area (Å²) in [6, 6.07) is 7.37. The van der Waals surface area contributed by atoms with Crippen LogP contribution in [0.1, 0.15) is 6.42 Å². The molecule has 0 aliphatic carbocycles. The smallest absolute Gasteiger partial charge is 0.305 e. The summed E-state index contributed by atoms with van der Waals surface area (Å²) in [6.07, 6.45) is 3.40. The number of fused-ring (bicyclic) bond motifs is 2. The number of ether oxygens (including phenoxy) is 2. The Morgan fingerprint density at radius 1 is 1.30 bits per heavy atom. The lowest BCUT2D eigenvalue weighted by molar-refractivity contribution is -0.137. The van der Waals surface area contributed by atoms with Crippen LogP contribution in [0.2, 0.25) is 0 Å². The second kappa shape index (κ2) is 5.28. The van der Waals surface area contributed by atoms with Gasteiger partial charge in [0.15, 0.2) is 11.5 Å². The van der Waals surface area contributed by atoms with E-state index >= 15 is 0 Å². The maximum atomic E-state index is 11.0. The minimum atomic E-state index is -0.857. The Morgan fingerprint density at radius 3 is 2.87 bits per heavy atom. The molecule has 0 unspecified atom stereocenters. The number of nitrogens with zero attached hydrogens (tertiary/aromatic N) is 3. The topological polar surface area (TPSA) is 86.5 Å². The van der Waals surface area contributed by atoms with Gasteiger partial charge < -0.3 is 19.1 Å². The Balaban J connectivity index is 1.90. The van der Waals surface area contributed by atoms with Gasteiger partial charge in [0.25, 0.3) is 0 Å². The average Bonchev–Trinajstić information content (AvgIpc) is 3.15. The monoisotopic (exact) mass is 311 g/mol. The van der Waals surface area contributed by atoms with Crippen LogP contribution in [0.25, 0.3) is 22.4 Å². The third-order valence-corrected chi connectivity index (χ3v) is 3.71. The maximum Gasteiger partial charge on any atom is 0.305 e. The zero-order valence-electron chi connectivity index (χ0n) is 12.1. The first-order valence-corrected chi connectivity index (χ1v) is 7.14. The van der Waals surface area contributed by atoms with Crippen LogP contribution in [0.4, 0.5) is 0 Å². The third-order valence-electron chi connectivity index (χ3n) is 3.71. The number of hydrogen-bond acceptors (Lipinski definition) is 5. The number of aromatic nitrogens is 3. The Bertz CT molecular complexity index is 889. The predicted octanol–water partition coefficient (Wildman–Crippen LogP) is 2.30. The van der Waals surface area contributed by atoms with Crippen LogP contribution in [-0.2, 0) is 11.3 Å². The SMILES string of the molecule is O=C(O)CCn1c(-c2cccnc2)nc2cc3c(cc21)OCO3. The molecule has 2 aromatic heterocycles. The van der Waals surface area contributed by atoms with Crippen molar-refractivity contribution < 1.29 is 19.4 Å². The van der Waals surface area contributed by atoms with E-state index in [2.05, 4.69) is 9.97 Å². The number of pyridine rings is 1. The van der Waals surface area contributed by atoms with Crippen LogP contribution < -0.4 is 9.47 Å². The molecule has 23 heavy (non-hydrogen) atoms. The zero-order chi connectivity index (χ0) is 15.8. The summed E-state index contributed by atoms with van der Waals surface area (Å²) in [4.78, 5) is 19.7. The van der Waals surface area contributed by atoms with Crippen molar-refractivity contribution in [1.29, 1.82) is 0 Å². The lowest BCUT2D eigenvalue weighted by atomic mass is 10.2. The quantitative estimate of drug-likeness (QED) is 0.795. The highest BCUT2D eigenvalue weighted by molar-refractivity contribution is 5.84. The first-order valence-electron chi connectivity index (χ1n) is 7.14. The van der Waals surface area contributed by atoms with Crippen molar-refractivity contribution in [3.05, 3.63) is 36.7 Å². The summed E-state index contributed by atoms with van der Waals surface area (Å²) in [6.45, 7) is 0.502. The summed E-state index contributed by atoms with van der Waals surface area (Å²) < 4.78 is 12.7. The minimum Gasteiger partial charge on any atom is -0.481 e. The number of aryl methyl sites for hydroxylation is 1. The fourth-order valence-corrected chi connectivity index (χ4v) is 2.66. The summed E-state index contributed by atoms with van der Waals surface area (Å²) in [5.74, 6) is 1.12. The summed E-state index contributed by atoms with van der Waals surface area (Å²) in [5.41, 5.74) is 2.38. The molecule has 0 amide bonds. The molecule has 7 heteroatoms. The van der Waals surface area contributed by atoms with Crippen LogP contribution >= 0.6 is 0 Å². The molecule has 0 spiro atoms. The fourth-order valence-electron chi connectivity index (χ4n) is 2.66. The second-order valence-corrected chi connectivity index (χ2v) is 5.17. The van der Waals surface area contributed by atoms with Gasteiger partial charge in [-0.05, 0) is 12.1 Å². The van der Waals surface area contributed by atoms with Crippen molar-refractivity contribution in [3.63, 3.8) is 0 Å². The number of carbonyl (C=O) groups is 1. The number of hydrogen-bond donors (Lipinski definition) is 1. The number of carboxylic acids is 1. The van der Waals surface area contributed by atoms with E-state index in [1.54, 1.807) is 12.4 Å². The second-order valence-electron chi connectivity index (χ2n) is 5.17. The zero-order valence-corrected chi connectivity index (χ0v) is 12.1. The van der Waals surface area contributed by atoms with Crippen LogP contribution in [0.15, 0.2) is 36.7 Å². The molecule has 1 aliphatic rings. The van der Waals surface area contributed by atoms with E-state index in [-0.39, 0.29) is 13.2 Å². The van der Waals surface area contributed by atoms with Crippen LogP contribution in [0.3, 0.4) is 0 Å². The van der Waals surface area contributed by atoms with Gasteiger partial charge >= 0.3 is 5.97 Å². The highest BCUT2D eigenvalue weighted by Crippen LogP contribution is 2.37. The molecule has 116 valence electrons. The van der Waals surface area contributed by atoms with Gasteiger partial charge in [-0.25, -0.2) is 4.98 Å². The summed E-state index contributed by atoms with van der Waals surface area (Å²) in [5, 5.41) is 9.01. The van der Waals surface area contributed by atoms with Gasteiger partial charge in [-0.2, -0.15) is 0 Å². The van der Waals surface area contributed by atoms with Gasteiger partial charge in [0.1, 0.15) is 5.82 Å². The highest BCUT2D eigenvalue weighted by atomic mass is 16.7. The van der Waals surface area contributed by atoms with Gasteiger partial charge in [-0.1, -0.05) is 0 Å². The summed E-state index contributed by atoms with van der Waals surface area (Å²) in [7, 11) is 0. The standard InChI is InChI=1S/C16H13N3O4/c20-15(21)3-5-19-12-7-14-13(22-9-23-14)6-11(12)18-16(19)10-2-1-4-17-8-10/h1-2,4,6-8H,3,5,9H2,(H,20,21). The van der Waals surface area contributed by atoms with E-state index in [1.165, 1.54) is 0 Å². The largest absolute Gasteiger partial charge is 0.481 e. The Hall–Kier alpha value is -3.09. The van der Waals surface area contributed by atoms with Gasteiger partial charge in [-0.15, -0.1) is 0 Å². The normalized spacial score (nSPS) is 12.7. The Morgan fingerprint density at radius 2 is 2.13 bits per heavy atom. The number of rotatable bonds is 4. The minimum absolute atomic E-state index is 0.00711. The number of aliphatic carboxylic acids is 1. The molecule has 1 N–H and O–H groups in total. The number of benzene rings is 1. The van der Waals surface area contributed by atoms with Crippen molar-refractivity contribution in [2.24, 2.45) is 0 Å². The lowest BCUT2D eigenvalue weighted by Gasteiger charge is -2.08. The van der Waals surface area contributed by atoms with Crippen LogP contribution in [0.5, 0.6) is 11.5 Å². The van der Waals surface area contributed by atoms with E-state index in [1.807, 2.05) is 28.8 Å². The van der Waals surface area contributed by atoms with Crippen molar-refractivity contribution in [3.8, 4) is 22.9 Å². The van der Waals surface area contributed by atoms with E-state index in [9.17, 15) is 4.79 Å².